The SMILES string of the molecule is CNC(C)CCCN1CCC(N2CCCCC2)CC1. The number of nitrogens with one attached hydrogen (secondary N) is 1. The molecular formula is C16H33N3. The highest BCUT2D eigenvalue weighted by molar-refractivity contribution is 4.81. The van der Waals surface area contributed by atoms with Crippen LogP contribution in [-0.2, 0) is 0 Å². The van der Waals surface area contributed by atoms with E-state index >= 15 is 0 Å². The summed E-state index contributed by atoms with van der Waals surface area (Å²) in [5, 5.41) is 3.33. The molecule has 3 heteroatoms. The lowest BCUT2D eigenvalue weighted by molar-refractivity contribution is 0.0916. The Hall–Kier alpha value is -0.120. The summed E-state index contributed by atoms with van der Waals surface area (Å²) in [6, 6.07) is 1.57. The predicted octanol–water partition coefficient (Wildman–Crippen LogP) is 2.32. The Labute approximate surface area is 119 Å². The van der Waals surface area contributed by atoms with Gasteiger partial charge < -0.3 is 15.1 Å². The second-order valence-corrected chi connectivity index (χ2v) is 6.50. The van der Waals surface area contributed by atoms with E-state index in [0.29, 0.717) is 6.04 Å². The molecule has 1 unspecified atom stereocenters. The Kier molecular flexibility index (Phi) is 6.62. The lowest BCUT2D eigenvalue weighted by Gasteiger charge is -2.40. The summed E-state index contributed by atoms with van der Waals surface area (Å²) in [6.45, 7) is 8.97. The maximum Gasteiger partial charge on any atom is 0.0120 e. The molecule has 2 saturated heterocycles. The van der Waals surface area contributed by atoms with Crippen molar-refractivity contribution in [2.45, 2.75) is 64.0 Å². The molecule has 112 valence electrons. The van der Waals surface area contributed by atoms with Gasteiger partial charge in [-0.15, -0.1) is 0 Å². The molecule has 2 aliphatic rings. The third kappa shape index (κ3) is 5.05. The normalized spacial score (nSPS) is 25.6. The second-order valence-electron chi connectivity index (χ2n) is 6.50. The Morgan fingerprint density at radius 3 is 2.37 bits per heavy atom. The lowest BCUT2D eigenvalue weighted by Crippen LogP contribution is -2.46. The molecule has 0 aromatic heterocycles. The van der Waals surface area contributed by atoms with E-state index in [0.717, 1.165) is 6.04 Å². The van der Waals surface area contributed by atoms with E-state index in [2.05, 4.69) is 29.1 Å². The zero-order valence-corrected chi connectivity index (χ0v) is 13.0. The van der Waals surface area contributed by atoms with E-state index in [9.17, 15) is 0 Å². The lowest BCUT2D eigenvalue weighted by atomic mass is 9.99. The first kappa shape index (κ1) is 15.3. The van der Waals surface area contributed by atoms with Crippen LogP contribution in [-0.4, -0.2) is 61.7 Å². The fourth-order valence-electron chi connectivity index (χ4n) is 3.56. The molecule has 0 spiro atoms. The van der Waals surface area contributed by atoms with Gasteiger partial charge in [-0.3, -0.25) is 0 Å². The van der Waals surface area contributed by atoms with E-state index in [1.54, 1.807) is 0 Å². The van der Waals surface area contributed by atoms with Crippen molar-refractivity contribution in [3.8, 4) is 0 Å². The molecule has 0 aliphatic carbocycles. The first-order valence-corrected chi connectivity index (χ1v) is 8.43. The summed E-state index contributed by atoms with van der Waals surface area (Å²) < 4.78 is 0. The zero-order valence-electron chi connectivity index (χ0n) is 13.0. The molecule has 2 fully saturated rings. The molecule has 1 atom stereocenters. The molecule has 19 heavy (non-hydrogen) atoms. The molecule has 1 N–H and O–H groups in total. The van der Waals surface area contributed by atoms with Crippen molar-refractivity contribution < 1.29 is 0 Å². The van der Waals surface area contributed by atoms with Crippen LogP contribution >= 0.6 is 0 Å². The number of nitrogens with zero attached hydrogens (tertiary/aromatic N) is 2. The molecule has 0 aromatic rings. The monoisotopic (exact) mass is 267 g/mol. The van der Waals surface area contributed by atoms with Crippen LogP contribution in [0.15, 0.2) is 0 Å². The average Bonchev–Trinajstić information content (AvgIpc) is 2.48. The third-order valence-corrected chi connectivity index (χ3v) is 5.07. The van der Waals surface area contributed by atoms with E-state index < -0.39 is 0 Å². The molecule has 0 bridgehead atoms. The van der Waals surface area contributed by atoms with Crippen LogP contribution in [0.2, 0.25) is 0 Å². The van der Waals surface area contributed by atoms with Crippen molar-refractivity contribution in [3.05, 3.63) is 0 Å². The summed E-state index contributed by atoms with van der Waals surface area (Å²) in [5.41, 5.74) is 0. The molecule has 0 saturated carbocycles. The van der Waals surface area contributed by atoms with Gasteiger partial charge in [0.1, 0.15) is 0 Å². The topological polar surface area (TPSA) is 18.5 Å². The van der Waals surface area contributed by atoms with Crippen molar-refractivity contribution in [2.75, 3.05) is 39.8 Å². The third-order valence-electron chi connectivity index (χ3n) is 5.07. The van der Waals surface area contributed by atoms with Gasteiger partial charge in [-0.2, -0.15) is 0 Å². The van der Waals surface area contributed by atoms with Crippen molar-refractivity contribution in [1.82, 2.24) is 15.1 Å². The van der Waals surface area contributed by atoms with Crippen molar-refractivity contribution in [2.24, 2.45) is 0 Å². The number of likely N-dealkylation sites (tertiary alicyclic amines) is 2. The van der Waals surface area contributed by atoms with E-state index in [1.165, 1.54) is 77.7 Å². The van der Waals surface area contributed by atoms with Gasteiger partial charge in [0.05, 0.1) is 0 Å². The van der Waals surface area contributed by atoms with E-state index in [1.807, 2.05) is 0 Å². The Morgan fingerprint density at radius 2 is 1.74 bits per heavy atom. The first-order chi connectivity index (χ1) is 9.29. The molecule has 2 heterocycles. The van der Waals surface area contributed by atoms with Crippen molar-refractivity contribution in [1.29, 1.82) is 0 Å². The van der Waals surface area contributed by atoms with Crippen molar-refractivity contribution >= 4 is 0 Å². The summed E-state index contributed by atoms with van der Waals surface area (Å²) in [5.74, 6) is 0. The quantitative estimate of drug-likeness (QED) is 0.797. The Balaban J connectivity index is 1.59. The van der Waals surface area contributed by atoms with Crippen LogP contribution in [0, 0.1) is 0 Å². The van der Waals surface area contributed by atoms with Crippen LogP contribution in [0.4, 0.5) is 0 Å². The summed E-state index contributed by atoms with van der Waals surface area (Å²) in [4.78, 5) is 5.45. The Morgan fingerprint density at radius 1 is 1.05 bits per heavy atom. The van der Waals surface area contributed by atoms with Crippen LogP contribution in [0.5, 0.6) is 0 Å². The molecule has 3 nitrogen and oxygen atoms in total. The standard InChI is InChI=1S/C16H33N3/c1-15(17-2)7-6-10-18-13-8-16(9-14-18)19-11-4-3-5-12-19/h15-17H,3-14H2,1-2H3. The van der Waals surface area contributed by atoms with Gasteiger partial charge in [-0.1, -0.05) is 6.42 Å². The molecular weight excluding hydrogens is 234 g/mol. The van der Waals surface area contributed by atoms with E-state index in [4.69, 9.17) is 0 Å². The van der Waals surface area contributed by atoms with Crippen LogP contribution in [0.25, 0.3) is 0 Å². The number of rotatable bonds is 6. The fraction of sp³-hybridized carbons (Fsp3) is 1.00. The number of hydrogen-bond acceptors (Lipinski definition) is 3. The van der Waals surface area contributed by atoms with Crippen LogP contribution in [0.1, 0.15) is 51.9 Å². The molecule has 2 aliphatic heterocycles. The van der Waals surface area contributed by atoms with Gasteiger partial charge in [0.25, 0.3) is 0 Å². The number of piperidine rings is 2. The van der Waals surface area contributed by atoms with Crippen molar-refractivity contribution in [3.63, 3.8) is 0 Å². The second kappa shape index (κ2) is 8.23. The molecule has 2 rings (SSSR count). The maximum atomic E-state index is 3.33. The number of hydrogen-bond donors (Lipinski definition) is 1. The zero-order chi connectivity index (χ0) is 13.5. The van der Waals surface area contributed by atoms with Gasteiger partial charge in [-0.25, -0.2) is 0 Å². The molecule has 0 amide bonds. The average molecular weight is 267 g/mol. The Bertz CT molecular complexity index is 230. The maximum absolute atomic E-state index is 3.33. The highest BCUT2D eigenvalue weighted by Crippen LogP contribution is 2.21. The largest absolute Gasteiger partial charge is 0.317 e. The van der Waals surface area contributed by atoms with Gasteiger partial charge in [0.15, 0.2) is 0 Å². The minimum absolute atomic E-state index is 0.672. The summed E-state index contributed by atoms with van der Waals surface area (Å²) in [6.07, 6.45) is 9.78. The molecule has 0 radical (unpaired) electrons. The van der Waals surface area contributed by atoms with Gasteiger partial charge in [-0.05, 0) is 85.2 Å². The highest BCUT2D eigenvalue weighted by Gasteiger charge is 2.25. The van der Waals surface area contributed by atoms with Gasteiger partial charge in [0, 0.05) is 12.1 Å². The van der Waals surface area contributed by atoms with Gasteiger partial charge >= 0.3 is 0 Å². The summed E-state index contributed by atoms with van der Waals surface area (Å²) in [7, 11) is 2.06. The molecule has 0 aromatic carbocycles. The van der Waals surface area contributed by atoms with Crippen LogP contribution in [0.3, 0.4) is 0 Å². The van der Waals surface area contributed by atoms with Gasteiger partial charge in [0.2, 0.25) is 0 Å². The minimum Gasteiger partial charge on any atom is -0.317 e. The summed E-state index contributed by atoms with van der Waals surface area (Å²) >= 11 is 0. The fourth-order valence-corrected chi connectivity index (χ4v) is 3.56. The highest BCUT2D eigenvalue weighted by atomic mass is 15.2. The van der Waals surface area contributed by atoms with E-state index in [-0.39, 0.29) is 0 Å². The first-order valence-electron chi connectivity index (χ1n) is 8.43. The van der Waals surface area contributed by atoms with Crippen LogP contribution < -0.4 is 5.32 Å². The minimum atomic E-state index is 0.672. The predicted molar refractivity (Wildman–Crippen MR) is 82.6 cm³/mol. The smallest absolute Gasteiger partial charge is 0.0120 e.